The number of amides is 2. The molecular weight excluding hydrogens is 268 g/mol. The molecule has 98 valence electrons. The zero-order valence-corrected chi connectivity index (χ0v) is 10.7. The fourth-order valence-electron chi connectivity index (χ4n) is 3.44. The lowest BCUT2D eigenvalue weighted by atomic mass is 9.81. The molecule has 3 aliphatic heterocycles. The molecule has 0 aromatic carbocycles. The van der Waals surface area contributed by atoms with Gasteiger partial charge in [-0.3, -0.25) is 9.59 Å². The molecule has 6 heteroatoms. The Labute approximate surface area is 114 Å². The van der Waals surface area contributed by atoms with Gasteiger partial charge in [-0.1, -0.05) is 11.6 Å². The molecule has 5 nitrogen and oxygen atoms in total. The second kappa shape index (κ2) is 3.77. The molecule has 19 heavy (non-hydrogen) atoms. The van der Waals surface area contributed by atoms with Gasteiger partial charge in [0.05, 0.1) is 29.1 Å². The molecule has 3 aliphatic rings. The van der Waals surface area contributed by atoms with Crippen LogP contribution in [0.5, 0.6) is 0 Å². The second-order valence-electron chi connectivity index (χ2n) is 5.19. The summed E-state index contributed by atoms with van der Waals surface area (Å²) in [6, 6.07) is 3.23. The molecule has 0 spiro atoms. The summed E-state index contributed by atoms with van der Waals surface area (Å²) in [7, 11) is 0. The third-order valence-electron chi connectivity index (χ3n) is 4.23. The maximum atomic E-state index is 12.4. The number of hydrogen-bond acceptors (Lipinski definition) is 4. The zero-order valence-electron chi connectivity index (χ0n) is 9.95. The summed E-state index contributed by atoms with van der Waals surface area (Å²) < 4.78 is 5.67. The highest BCUT2D eigenvalue weighted by molar-refractivity contribution is 6.30. The van der Waals surface area contributed by atoms with Gasteiger partial charge >= 0.3 is 0 Å². The number of hydrogen-bond donors (Lipinski definition) is 0. The van der Waals surface area contributed by atoms with Gasteiger partial charge in [0.2, 0.25) is 11.8 Å². The summed E-state index contributed by atoms with van der Waals surface area (Å²) >= 11 is 5.77. The van der Waals surface area contributed by atoms with Gasteiger partial charge in [0.25, 0.3) is 0 Å². The van der Waals surface area contributed by atoms with E-state index >= 15 is 0 Å². The molecule has 2 amide bonds. The molecule has 3 saturated heterocycles. The third kappa shape index (κ3) is 1.42. The van der Waals surface area contributed by atoms with Crippen molar-refractivity contribution in [1.29, 1.82) is 0 Å². The fourth-order valence-corrected chi connectivity index (χ4v) is 3.55. The lowest BCUT2D eigenvalue weighted by Crippen LogP contribution is -2.34. The van der Waals surface area contributed by atoms with Gasteiger partial charge in [0.15, 0.2) is 0 Å². The molecule has 4 rings (SSSR count). The van der Waals surface area contributed by atoms with Crippen molar-refractivity contribution < 1.29 is 14.3 Å². The number of aromatic nitrogens is 1. The van der Waals surface area contributed by atoms with Crippen LogP contribution in [0.3, 0.4) is 0 Å². The first-order valence-electron chi connectivity index (χ1n) is 6.31. The van der Waals surface area contributed by atoms with Crippen LogP contribution in [0.4, 0.5) is 5.82 Å². The van der Waals surface area contributed by atoms with Crippen LogP contribution in [0.2, 0.25) is 5.02 Å². The molecule has 0 radical (unpaired) electrons. The van der Waals surface area contributed by atoms with Gasteiger partial charge in [0, 0.05) is 6.20 Å². The summed E-state index contributed by atoms with van der Waals surface area (Å²) in [6.07, 6.45) is 2.99. The van der Waals surface area contributed by atoms with E-state index < -0.39 is 0 Å². The van der Waals surface area contributed by atoms with Crippen molar-refractivity contribution >= 4 is 29.2 Å². The molecule has 0 aliphatic carbocycles. The highest BCUT2D eigenvalue weighted by atomic mass is 35.5. The summed E-state index contributed by atoms with van der Waals surface area (Å²) in [5.41, 5.74) is 0. The van der Waals surface area contributed by atoms with Crippen LogP contribution in [0.1, 0.15) is 12.8 Å². The Balaban J connectivity index is 1.73. The smallest absolute Gasteiger partial charge is 0.241 e. The van der Waals surface area contributed by atoms with E-state index in [1.807, 2.05) is 0 Å². The minimum absolute atomic E-state index is 0.0937. The van der Waals surface area contributed by atoms with Crippen LogP contribution in [0, 0.1) is 11.8 Å². The maximum Gasteiger partial charge on any atom is 0.241 e. The Morgan fingerprint density at radius 3 is 2.32 bits per heavy atom. The molecule has 0 saturated carbocycles. The number of nitrogens with zero attached hydrogens (tertiary/aromatic N) is 2. The van der Waals surface area contributed by atoms with Crippen molar-refractivity contribution in [2.75, 3.05) is 4.90 Å². The summed E-state index contributed by atoms with van der Waals surface area (Å²) in [6.45, 7) is 0. The Morgan fingerprint density at radius 2 is 1.79 bits per heavy atom. The van der Waals surface area contributed by atoms with Crippen LogP contribution in [-0.2, 0) is 14.3 Å². The highest BCUT2D eigenvalue weighted by Crippen LogP contribution is 2.49. The quantitative estimate of drug-likeness (QED) is 0.729. The number of fused-ring (bicyclic) bond motifs is 5. The minimum atomic E-state index is -0.316. The monoisotopic (exact) mass is 278 g/mol. The van der Waals surface area contributed by atoms with Gasteiger partial charge in [-0.05, 0) is 25.0 Å². The van der Waals surface area contributed by atoms with Crippen LogP contribution in [-0.4, -0.2) is 29.0 Å². The van der Waals surface area contributed by atoms with Crippen LogP contribution in [0.15, 0.2) is 18.3 Å². The summed E-state index contributed by atoms with van der Waals surface area (Å²) in [5, 5.41) is 0.478. The van der Waals surface area contributed by atoms with E-state index in [4.69, 9.17) is 16.3 Å². The summed E-state index contributed by atoms with van der Waals surface area (Å²) in [4.78, 5) is 30.1. The van der Waals surface area contributed by atoms with Crippen LogP contribution in [0.25, 0.3) is 0 Å². The van der Waals surface area contributed by atoms with Crippen molar-refractivity contribution in [3.05, 3.63) is 23.4 Å². The van der Waals surface area contributed by atoms with E-state index in [1.54, 1.807) is 12.1 Å². The van der Waals surface area contributed by atoms with Gasteiger partial charge < -0.3 is 4.74 Å². The first kappa shape index (κ1) is 11.4. The lowest BCUT2D eigenvalue weighted by Gasteiger charge is -2.16. The van der Waals surface area contributed by atoms with Crippen LogP contribution < -0.4 is 4.90 Å². The molecule has 2 bridgehead atoms. The fraction of sp³-hybridized carbons (Fsp3) is 0.462. The number of carbonyl (C=O) groups is 2. The molecule has 0 N–H and O–H groups in total. The predicted molar refractivity (Wildman–Crippen MR) is 66.6 cm³/mol. The molecule has 1 aromatic heterocycles. The molecule has 4 heterocycles. The Kier molecular flexibility index (Phi) is 2.26. The largest absolute Gasteiger partial charge is 0.373 e. The van der Waals surface area contributed by atoms with E-state index in [0.29, 0.717) is 10.8 Å². The van der Waals surface area contributed by atoms with Gasteiger partial charge in [-0.2, -0.15) is 0 Å². The average Bonchev–Trinajstić information content (AvgIpc) is 3.06. The number of carbonyl (C=O) groups excluding carboxylic acids is 2. The minimum Gasteiger partial charge on any atom is -0.373 e. The Bertz CT molecular complexity index is 546. The van der Waals surface area contributed by atoms with E-state index in [-0.39, 0.29) is 35.9 Å². The van der Waals surface area contributed by atoms with Crippen molar-refractivity contribution in [3.8, 4) is 0 Å². The van der Waals surface area contributed by atoms with Crippen molar-refractivity contribution in [3.63, 3.8) is 0 Å². The van der Waals surface area contributed by atoms with E-state index in [1.165, 1.54) is 11.1 Å². The van der Waals surface area contributed by atoms with Crippen molar-refractivity contribution in [2.45, 2.75) is 25.0 Å². The van der Waals surface area contributed by atoms with Gasteiger partial charge in [-0.25, -0.2) is 9.88 Å². The van der Waals surface area contributed by atoms with Gasteiger partial charge in [0.1, 0.15) is 5.82 Å². The molecular formula is C13H11ClN2O3. The Morgan fingerprint density at radius 1 is 1.16 bits per heavy atom. The van der Waals surface area contributed by atoms with Crippen molar-refractivity contribution in [2.24, 2.45) is 11.8 Å². The first-order chi connectivity index (χ1) is 9.16. The number of rotatable bonds is 1. The maximum absolute atomic E-state index is 12.4. The zero-order chi connectivity index (χ0) is 13.1. The van der Waals surface area contributed by atoms with E-state index in [2.05, 4.69) is 4.98 Å². The number of pyridine rings is 1. The SMILES string of the molecule is O=C1[C@@H]2[C@@H](C(=O)N1c1ccc(Cl)cn1)[C@H]1CC[C@@H]2O1. The standard InChI is InChI=1S/C13H11ClN2O3/c14-6-1-4-9(15-5-6)16-12(17)10-7-2-3-8(19-7)11(10)13(16)18/h1,4-5,7-8,10-11H,2-3H2/t7-,8+,10-,11-/m0/s1. The second-order valence-corrected chi connectivity index (χ2v) is 5.62. The Hall–Kier alpha value is -1.46. The molecule has 0 unspecified atom stereocenters. The third-order valence-corrected chi connectivity index (χ3v) is 4.45. The molecule has 4 atom stereocenters. The predicted octanol–water partition coefficient (Wildman–Crippen LogP) is 1.40. The van der Waals surface area contributed by atoms with Gasteiger partial charge in [-0.15, -0.1) is 0 Å². The van der Waals surface area contributed by atoms with Crippen LogP contribution >= 0.6 is 11.6 Å². The first-order valence-corrected chi connectivity index (χ1v) is 6.69. The topological polar surface area (TPSA) is 59.5 Å². The number of halogens is 1. The lowest BCUT2D eigenvalue weighted by molar-refractivity contribution is -0.124. The van der Waals surface area contributed by atoms with Crippen molar-refractivity contribution in [1.82, 2.24) is 4.98 Å². The highest BCUT2D eigenvalue weighted by Gasteiger charge is 2.62. The number of imide groups is 1. The molecule has 1 aromatic rings. The average molecular weight is 279 g/mol. The molecule has 3 fully saturated rings. The summed E-state index contributed by atoms with van der Waals surface area (Å²) in [5.74, 6) is -0.644. The number of anilines is 1. The van der Waals surface area contributed by atoms with E-state index in [0.717, 1.165) is 12.8 Å². The van der Waals surface area contributed by atoms with E-state index in [9.17, 15) is 9.59 Å². The number of ether oxygens (including phenoxy) is 1. The normalized spacial score (nSPS) is 36.2.